The summed E-state index contributed by atoms with van der Waals surface area (Å²) in [5.41, 5.74) is 2.81. The van der Waals surface area contributed by atoms with Crippen LogP contribution in [0.4, 0.5) is 0 Å². The quantitative estimate of drug-likeness (QED) is 0.337. The molecule has 0 bridgehead atoms. The maximum atomic E-state index is 5.23. The molecule has 2 rings (SSSR count). The molecule has 0 N–H and O–H groups in total. The summed E-state index contributed by atoms with van der Waals surface area (Å²) in [5, 5.41) is 6.73. The molecule has 2 nitrogen and oxygen atoms in total. The summed E-state index contributed by atoms with van der Waals surface area (Å²) in [5.74, 6) is 0.582. The van der Waals surface area contributed by atoms with E-state index in [-0.39, 0.29) is 0 Å². The van der Waals surface area contributed by atoms with Crippen LogP contribution in [-0.4, -0.2) is 28.2 Å². The zero-order valence-electron chi connectivity index (χ0n) is 18.1. The van der Waals surface area contributed by atoms with Crippen LogP contribution in [0.25, 0.3) is 10.9 Å². The monoisotopic (exact) mass is 464 g/mol. The first kappa shape index (κ1) is 21.8. The number of aryl methyl sites for hydroxylation is 1. The second kappa shape index (κ2) is 10.1. The summed E-state index contributed by atoms with van der Waals surface area (Å²) >= 11 is -2.50. The molecule has 1 aromatic heterocycles. The molecule has 0 fully saturated rings. The first-order valence-electron chi connectivity index (χ1n) is 11.0. The van der Waals surface area contributed by atoms with Crippen LogP contribution in [0.5, 0.6) is 0 Å². The summed E-state index contributed by atoms with van der Waals surface area (Å²) in [7, 11) is 2.15. The van der Waals surface area contributed by atoms with E-state index in [1.54, 1.807) is 3.71 Å². The molecule has 1 heterocycles. The van der Waals surface area contributed by atoms with Gasteiger partial charge in [-0.3, -0.25) is 0 Å². The Morgan fingerprint density at radius 1 is 0.923 bits per heavy atom. The molecule has 0 aliphatic carbocycles. The first-order valence-corrected chi connectivity index (χ1v) is 18.4. The number of nitrogens with zero attached hydrogens (tertiary/aromatic N) is 2. The second-order valence-corrected chi connectivity index (χ2v) is 21.4. The summed E-state index contributed by atoms with van der Waals surface area (Å²) in [6.45, 7) is 11.7. The van der Waals surface area contributed by atoms with Gasteiger partial charge in [-0.25, -0.2) is 0 Å². The number of benzene rings is 1. The Balaban J connectivity index is 2.61. The molecule has 0 amide bonds. The predicted octanol–water partition coefficient (Wildman–Crippen LogP) is 6.75. The van der Waals surface area contributed by atoms with Crippen LogP contribution in [-0.2, 0) is 7.05 Å². The van der Waals surface area contributed by atoms with Crippen molar-refractivity contribution in [3.63, 3.8) is 0 Å². The van der Waals surface area contributed by atoms with Crippen molar-refractivity contribution in [2.45, 2.75) is 92.4 Å². The van der Waals surface area contributed by atoms with Gasteiger partial charge in [-0.1, -0.05) is 0 Å². The minimum absolute atomic E-state index is 0.582. The number of aromatic nitrogens is 2. The van der Waals surface area contributed by atoms with Gasteiger partial charge >= 0.3 is 166 Å². The van der Waals surface area contributed by atoms with Gasteiger partial charge in [-0.05, 0) is 0 Å². The second-order valence-electron chi connectivity index (χ2n) is 8.49. The fraction of sp³-hybridized carbons (Fsp3) is 0.696. The SMILES string of the molecule is CCC[CH2][Sn]([CH2]CCC)([CH2]CCC)[c]1nn(C)c2ccc(C(C)C)cc12. The Hall–Kier alpha value is -0.511. The Morgan fingerprint density at radius 2 is 1.46 bits per heavy atom. The van der Waals surface area contributed by atoms with Crippen LogP contribution < -0.4 is 3.71 Å². The van der Waals surface area contributed by atoms with E-state index in [2.05, 4.69) is 64.5 Å². The van der Waals surface area contributed by atoms with Crippen molar-refractivity contribution >= 4 is 33.0 Å². The summed E-state index contributed by atoms with van der Waals surface area (Å²) in [6, 6.07) is 7.11. The van der Waals surface area contributed by atoms with E-state index in [4.69, 9.17) is 5.10 Å². The summed E-state index contributed by atoms with van der Waals surface area (Å²) in [4.78, 5) is 0. The molecule has 26 heavy (non-hydrogen) atoms. The molecule has 1 aromatic carbocycles. The summed E-state index contributed by atoms with van der Waals surface area (Å²) in [6.07, 6.45) is 8.14. The zero-order valence-corrected chi connectivity index (χ0v) is 20.9. The molecule has 0 atom stereocenters. The third kappa shape index (κ3) is 4.85. The Labute approximate surface area is 165 Å². The van der Waals surface area contributed by atoms with Crippen molar-refractivity contribution in [2.75, 3.05) is 0 Å². The fourth-order valence-corrected chi connectivity index (χ4v) is 20.5. The molecule has 146 valence electrons. The van der Waals surface area contributed by atoms with E-state index in [0.29, 0.717) is 5.92 Å². The van der Waals surface area contributed by atoms with Gasteiger partial charge in [0.2, 0.25) is 0 Å². The van der Waals surface area contributed by atoms with E-state index >= 15 is 0 Å². The van der Waals surface area contributed by atoms with Crippen LogP contribution in [0.15, 0.2) is 18.2 Å². The predicted molar refractivity (Wildman–Crippen MR) is 119 cm³/mol. The topological polar surface area (TPSA) is 17.8 Å². The van der Waals surface area contributed by atoms with Gasteiger partial charge in [-0.2, -0.15) is 0 Å². The molecule has 0 saturated carbocycles. The van der Waals surface area contributed by atoms with Crippen LogP contribution in [0.3, 0.4) is 0 Å². The molecule has 0 unspecified atom stereocenters. The molecular formula is C23H40N2Sn. The van der Waals surface area contributed by atoms with E-state index in [0.717, 1.165) is 0 Å². The molecule has 2 aromatic rings. The van der Waals surface area contributed by atoms with Crippen molar-refractivity contribution in [2.24, 2.45) is 7.05 Å². The average molecular weight is 463 g/mol. The Morgan fingerprint density at radius 3 is 1.92 bits per heavy atom. The molecule has 0 saturated heterocycles. The van der Waals surface area contributed by atoms with Crippen molar-refractivity contribution in [1.82, 2.24) is 9.78 Å². The Bertz CT molecular complexity index is 665. The van der Waals surface area contributed by atoms with Crippen LogP contribution in [0.1, 0.15) is 84.6 Å². The number of unbranched alkanes of at least 4 members (excludes halogenated alkanes) is 3. The Kier molecular flexibility index (Phi) is 8.50. The number of fused-ring (bicyclic) bond motifs is 1. The number of hydrogen-bond acceptors (Lipinski definition) is 1. The van der Waals surface area contributed by atoms with Crippen LogP contribution in [0, 0.1) is 0 Å². The van der Waals surface area contributed by atoms with E-state index in [1.165, 1.54) is 68.3 Å². The van der Waals surface area contributed by atoms with E-state index < -0.39 is 18.4 Å². The van der Waals surface area contributed by atoms with Gasteiger partial charge in [0.05, 0.1) is 0 Å². The molecule has 0 radical (unpaired) electrons. The van der Waals surface area contributed by atoms with Gasteiger partial charge in [-0.15, -0.1) is 0 Å². The van der Waals surface area contributed by atoms with Crippen molar-refractivity contribution in [3.05, 3.63) is 23.8 Å². The van der Waals surface area contributed by atoms with Gasteiger partial charge in [0, 0.05) is 0 Å². The molecule has 0 aliphatic rings. The van der Waals surface area contributed by atoms with Crippen molar-refractivity contribution < 1.29 is 0 Å². The maximum absolute atomic E-state index is 5.23. The van der Waals surface area contributed by atoms with Crippen LogP contribution >= 0.6 is 0 Å². The summed E-state index contributed by atoms with van der Waals surface area (Å²) < 4.78 is 8.23. The molecule has 3 heteroatoms. The van der Waals surface area contributed by atoms with Gasteiger partial charge in [0.25, 0.3) is 0 Å². The molecule has 0 aliphatic heterocycles. The van der Waals surface area contributed by atoms with Gasteiger partial charge in [0.1, 0.15) is 0 Å². The van der Waals surface area contributed by atoms with Gasteiger partial charge in [0.15, 0.2) is 0 Å². The molecule has 0 spiro atoms. The van der Waals surface area contributed by atoms with Crippen LogP contribution in [0.2, 0.25) is 13.3 Å². The van der Waals surface area contributed by atoms with Crippen molar-refractivity contribution in [1.29, 1.82) is 0 Å². The molecular weight excluding hydrogens is 423 g/mol. The average Bonchev–Trinajstić information content (AvgIpc) is 2.98. The van der Waals surface area contributed by atoms with Crippen molar-refractivity contribution in [3.8, 4) is 0 Å². The zero-order chi connectivity index (χ0) is 19.2. The standard InChI is InChI=1S/C11H13N2.3C4H9.Sn/c1-8(2)9-4-5-11-10(6-9)7-12-13(11)3;3*1-3-4-2;/h4-6,8H,1-3H3;3*1,3-4H2,2H3;. The number of rotatable bonds is 11. The van der Waals surface area contributed by atoms with E-state index in [9.17, 15) is 0 Å². The van der Waals surface area contributed by atoms with E-state index in [1.807, 2.05) is 0 Å². The minimum atomic E-state index is -2.50. The third-order valence-electron chi connectivity index (χ3n) is 6.07. The fourth-order valence-electron chi connectivity index (χ4n) is 4.31. The number of hydrogen-bond donors (Lipinski definition) is 0. The third-order valence-corrected chi connectivity index (χ3v) is 21.2. The first-order chi connectivity index (χ1) is 12.5. The normalized spacial score (nSPS) is 12.4. The van der Waals surface area contributed by atoms with Gasteiger partial charge < -0.3 is 0 Å².